The number of pyridine rings is 1. The average molecular weight is 404 g/mol. The summed E-state index contributed by atoms with van der Waals surface area (Å²) in [5.41, 5.74) is 9.34. The van der Waals surface area contributed by atoms with Gasteiger partial charge in [-0.2, -0.15) is 0 Å². The molecule has 3 heterocycles. The van der Waals surface area contributed by atoms with E-state index in [4.69, 9.17) is 4.42 Å². The third-order valence-corrected chi connectivity index (χ3v) is 6.28. The standard InChI is InChI=1S/C28H23N2O/c1-19-15-16-22-23-18-20-10-6-7-13-24(20)30(21-11-4-3-5-12-21)28(23)31-27(22)26(19)25-14-8-9-17-29(25)2/h3-17H,18H2,1-2H3/q+1. The smallest absolute Gasteiger partial charge is 0.216 e. The lowest BCUT2D eigenvalue weighted by Gasteiger charge is -2.29. The Hall–Kier alpha value is -3.85. The first-order valence-electron chi connectivity index (χ1n) is 10.7. The zero-order valence-electron chi connectivity index (χ0n) is 17.7. The molecule has 0 saturated heterocycles. The van der Waals surface area contributed by atoms with Crippen LogP contribution in [0.4, 0.5) is 17.3 Å². The van der Waals surface area contributed by atoms with Crippen LogP contribution in [-0.2, 0) is 13.5 Å². The number of aromatic nitrogens is 1. The van der Waals surface area contributed by atoms with Crippen molar-refractivity contribution < 1.29 is 8.98 Å². The molecule has 0 atom stereocenters. The fourth-order valence-electron chi connectivity index (χ4n) is 4.76. The largest absolute Gasteiger partial charge is 0.439 e. The van der Waals surface area contributed by atoms with E-state index < -0.39 is 0 Å². The summed E-state index contributed by atoms with van der Waals surface area (Å²) in [6.45, 7) is 2.16. The van der Waals surface area contributed by atoms with Crippen LogP contribution in [-0.4, -0.2) is 0 Å². The van der Waals surface area contributed by atoms with Gasteiger partial charge in [-0.05, 0) is 42.3 Å². The van der Waals surface area contributed by atoms with Crippen molar-refractivity contribution >= 4 is 28.2 Å². The fourth-order valence-corrected chi connectivity index (χ4v) is 4.76. The average Bonchev–Trinajstić information content (AvgIpc) is 3.16. The molecule has 0 radical (unpaired) electrons. The number of aryl methyl sites for hydroxylation is 2. The van der Waals surface area contributed by atoms with Crippen molar-refractivity contribution in [1.29, 1.82) is 0 Å². The second kappa shape index (κ2) is 6.85. The van der Waals surface area contributed by atoms with Crippen LogP contribution in [0.25, 0.3) is 22.2 Å². The summed E-state index contributed by atoms with van der Waals surface area (Å²) < 4.78 is 8.91. The van der Waals surface area contributed by atoms with Crippen molar-refractivity contribution in [3.05, 3.63) is 108 Å². The molecule has 0 unspecified atom stereocenters. The molecule has 0 N–H and O–H groups in total. The van der Waals surface area contributed by atoms with Crippen molar-refractivity contribution in [3.63, 3.8) is 0 Å². The van der Waals surface area contributed by atoms with E-state index in [-0.39, 0.29) is 0 Å². The number of anilines is 3. The molecular weight excluding hydrogens is 380 g/mol. The van der Waals surface area contributed by atoms with Crippen molar-refractivity contribution in [1.82, 2.24) is 0 Å². The van der Waals surface area contributed by atoms with E-state index >= 15 is 0 Å². The van der Waals surface area contributed by atoms with Crippen LogP contribution >= 0.6 is 0 Å². The number of benzene rings is 3. The Morgan fingerprint density at radius 2 is 1.61 bits per heavy atom. The topological polar surface area (TPSA) is 20.3 Å². The molecule has 6 rings (SSSR count). The molecule has 0 bridgehead atoms. The molecule has 0 saturated carbocycles. The molecule has 5 aromatic rings. The Morgan fingerprint density at radius 3 is 2.45 bits per heavy atom. The van der Waals surface area contributed by atoms with Gasteiger partial charge < -0.3 is 4.42 Å². The van der Waals surface area contributed by atoms with Gasteiger partial charge in [0.05, 0.1) is 11.3 Å². The van der Waals surface area contributed by atoms with E-state index in [1.54, 1.807) is 0 Å². The van der Waals surface area contributed by atoms with Crippen LogP contribution in [0.1, 0.15) is 16.7 Å². The summed E-state index contributed by atoms with van der Waals surface area (Å²) in [4.78, 5) is 2.26. The molecule has 1 aliphatic heterocycles. The van der Waals surface area contributed by atoms with Crippen molar-refractivity contribution in [2.75, 3.05) is 4.90 Å². The monoisotopic (exact) mass is 403 g/mol. The number of furan rings is 1. The van der Waals surface area contributed by atoms with Gasteiger partial charge in [0.2, 0.25) is 11.6 Å². The lowest BCUT2D eigenvalue weighted by Crippen LogP contribution is -2.30. The predicted octanol–water partition coefficient (Wildman–Crippen LogP) is 6.61. The normalized spacial score (nSPS) is 12.6. The number of hydrogen-bond donors (Lipinski definition) is 0. The van der Waals surface area contributed by atoms with Crippen LogP contribution in [0.2, 0.25) is 0 Å². The van der Waals surface area contributed by atoms with Crippen LogP contribution in [0.3, 0.4) is 0 Å². The Balaban J connectivity index is 1.68. The van der Waals surface area contributed by atoms with Crippen molar-refractivity contribution in [2.24, 2.45) is 7.05 Å². The molecular formula is C28H23N2O+. The highest BCUT2D eigenvalue weighted by Gasteiger charge is 2.31. The summed E-state index contributed by atoms with van der Waals surface area (Å²) in [5.74, 6) is 0.922. The number of para-hydroxylation sites is 2. The maximum Gasteiger partial charge on any atom is 0.216 e. The van der Waals surface area contributed by atoms with Crippen LogP contribution < -0.4 is 9.47 Å². The summed E-state index contributed by atoms with van der Waals surface area (Å²) in [6, 6.07) is 29.8. The van der Waals surface area contributed by atoms with E-state index in [1.165, 1.54) is 27.8 Å². The quantitative estimate of drug-likeness (QED) is 0.303. The Kier molecular flexibility index (Phi) is 3.97. The highest BCUT2D eigenvalue weighted by Crippen LogP contribution is 2.49. The van der Waals surface area contributed by atoms with Gasteiger partial charge in [0.1, 0.15) is 7.05 Å². The van der Waals surface area contributed by atoms with Gasteiger partial charge in [0.25, 0.3) is 0 Å². The van der Waals surface area contributed by atoms with Crippen molar-refractivity contribution in [2.45, 2.75) is 13.3 Å². The highest BCUT2D eigenvalue weighted by atomic mass is 16.4. The molecule has 3 heteroatoms. The third kappa shape index (κ3) is 2.70. The van der Waals surface area contributed by atoms with Crippen molar-refractivity contribution in [3.8, 4) is 11.3 Å². The highest BCUT2D eigenvalue weighted by molar-refractivity contribution is 6.00. The molecule has 1 aliphatic rings. The van der Waals surface area contributed by atoms with Crippen LogP contribution in [0.15, 0.2) is 95.5 Å². The minimum Gasteiger partial charge on any atom is -0.439 e. The molecule has 0 fully saturated rings. The van der Waals surface area contributed by atoms with E-state index in [2.05, 4.69) is 115 Å². The number of hydrogen-bond acceptors (Lipinski definition) is 2. The third-order valence-electron chi connectivity index (χ3n) is 6.28. The van der Waals surface area contributed by atoms with Gasteiger partial charge in [-0.25, -0.2) is 4.57 Å². The maximum atomic E-state index is 6.75. The number of nitrogens with zero attached hydrogens (tertiary/aromatic N) is 2. The van der Waals surface area contributed by atoms with Gasteiger partial charge in [0.15, 0.2) is 11.8 Å². The molecule has 31 heavy (non-hydrogen) atoms. The molecule has 150 valence electrons. The van der Waals surface area contributed by atoms with Gasteiger partial charge in [0, 0.05) is 35.2 Å². The molecule has 3 nitrogen and oxygen atoms in total. The first kappa shape index (κ1) is 18.0. The zero-order chi connectivity index (χ0) is 20.9. The summed E-state index contributed by atoms with van der Waals surface area (Å²) >= 11 is 0. The van der Waals surface area contributed by atoms with Gasteiger partial charge in [-0.3, -0.25) is 4.90 Å². The van der Waals surface area contributed by atoms with Crippen LogP contribution in [0.5, 0.6) is 0 Å². The van der Waals surface area contributed by atoms with Gasteiger partial charge in [-0.1, -0.05) is 48.5 Å². The molecule has 0 aliphatic carbocycles. The Labute approximate surface area is 181 Å². The summed E-state index contributed by atoms with van der Waals surface area (Å²) in [5, 5.41) is 1.19. The second-order valence-corrected chi connectivity index (χ2v) is 8.19. The molecule has 3 aromatic carbocycles. The number of rotatable bonds is 2. The minimum atomic E-state index is 0.866. The minimum absolute atomic E-state index is 0.866. The first-order valence-corrected chi connectivity index (χ1v) is 10.7. The lowest BCUT2D eigenvalue weighted by molar-refractivity contribution is -0.660. The van der Waals surface area contributed by atoms with Gasteiger partial charge in [-0.15, -0.1) is 0 Å². The lowest BCUT2D eigenvalue weighted by atomic mass is 9.94. The van der Waals surface area contributed by atoms with Gasteiger partial charge >= 0.3 is 0 Å². The Morgan fingerprint density at radius 1 is 0.839 bits per heavy atom. The fraction of sp³-hybridized carbons (Fsp3) is 0.107. The van der Waals surface area contributed by atoms with E-state index in [9.17, 15) is 0 Å². The molecule has 0 spiro atoms. The van der Waals surface area contributed by atoms with E-state index in [0.29, 0.717) is 0 Å². The number of fused-ring (bicyclic) bond motifs is 4. The van der Waals surface area contributed by atoms with Crippen LogP contribution in [0, 0.1) is 6.92 Å². The predicted molar refractivity (Wildman–Crippen MR) is 125 cm³/mol. The molecule has 2 aromatic heterocycles. The first-order chi connectivity index (χ1) is 15.2. The summed E-state index contributed by atoms with van der Waals surface area (Å²) in [7, 11) is 2.09. The van der Waals surface area contributed by atoms with E-state index in [0.717, 1.165) is 34.8 Å². The zero-order valence-corrected chi connectivity index (χ0v) is 17.7. The SMILES string of the molecule is Cc1ccc2c3c(oc2c1-c1cccc[n+]1C)N(c1ccccc1)c1ccccc1C3. The molecule has 0 amide bonds. The summed E-state index contributed by atoms with van der Waals surface area (Å²) in [6.07, 6.45) is 2.95. The Bertz CT molecular complexity index is 1430. The second-order valence-electron chi connectivity index (χ2n) is 8.19. The van der Waals surface area contributed by atoms with E-state index in [1.807, 2.05) is 0 Å². The maximum absolute atomic E-state index is 6.75.